The molecule has 3 N–H and O–H groups in total. The number of nitrogens with one attached hydrogen (secondary N) is 3. The van der Waals surface area contributed by atoms with E-state index in [1.165, 1.54) is 17.5 Å². The van der Waals surface area contributed by atoms with E-state index >= 15 is 0 Å². The van der Waals surface area contributed by atoms with E-state index in [0.29, 0.717) is 17.1 Å². The maximum Gasteiger partial charge on any atom is 0.278 e. The molecule has 1 unspecified atom stereocenters. The minimum atomic E-state index is -0.224. The number of fused-ring (bicyclic) bond motifs is 2. The number of anilines is 1. The molecule has 0 saturated heterocycles. The molecule has 2 heterocycles. The van der Waals surface area contributed by atoms with E-state index in [2.05, 4.69) is 37.4 Å². The largest absolute Gasteiger partial charge is 0.497 e. The zero-order chi connectivity index (χ0) is 15.1. The van der Waals surface area contributed by atoms with Crippen LogP contribution in [0.2, 0.25) is 0 Å². The third kappa shape index (κ3) is 2.02. The van der Waals surface area contributed by atoms with Crippen LogP contribution in [0.3, 0.4) is 0 Å². The van der Waals surface area contributed by atoms with Gasteiger partial charge in [-0.05, 0) is 36.1 Å². The van der Waals surface area contributed by atoms with Crippen LogP contribution in [0.15, 0.2) is 29.3 Å². The van der Waals surface area contributed by atoms with Crippen LogP contribution >= 0.6 is 0 Å². The van der Waals surface area contributed by atoms with Crippen molar-refractivity contribution in [2.45, 2.75) is 18.9 Å². The smallest absolute Gasteiger partial charge is 0.278 e. The SMILES string of the molecule is COc1ccc2c(c1)CCC2Nc1nc2nc[nH]c2c(=O)[nH]1. The lowest BCUT2D eigenvalue weighted by molar-refractivity contribution is 0.414. The predicted octanol–water partition coefficient (Wildman–Crippen LogP) is 1.75. The Morgan fingerprint density at radius 3 is 3.18 bits per heavy atom. The fraction of sp³-hybridized carbons (Fsp3) is 0.267. The maximum atomic E-state index is 11.9. The molecular formula is C15H15N5O2. The zero-order valence-corrected chi connectivity index (χ0v) is 12.0. The minimum absolute atomic E-state index is 0.125. The second kappa shape index (κ2) is 4.87. The molecule has 0 aliphatic heterocycles. The van der Waals surface area contributed by atoms with E-state index in [1.807, 2.05) is 6.07 Å². The van der Waals surface area contributed by atoms with E-state index in [1.54, 1.807) is 7.11 Å². The average molecular weight is 297 g/mol. The van der Waals surface area contributed by atoms with Crippen LogP contribution in [0.1, 0.15) is 23.6 Å². The number of rotatable bonds is 3. The van der Waals surface area contributed by atoms with Crippen LogP contribution in [-0.4, -0.2) is 27.0 Å². The number of benzene rings is 1. The number of nitrogens with zero attached hydrogens (tertiary/aromatic N) is 2. The summed E-state index contributed by atoms with van der Waals surface area (Å²) in [6.45, 7) is 0. The molecule has 0 bridgehead atoms. The van der Waals surface area contributed by atoms with Gasteiger partial charge >= 0.3 is 0 Å². The molecule has 1 aromatic carbocycles. The Morgan fingerprint density at radius 2 is 2.32 bits per heavy atom. The molecule has 7 heteroatoms. The topological polar surface area (TPSA) is 95.7 Å². The number of hydrogen-bond acceptors (Lipinski definition) is 5. The Kier molecular flexibility index (Phi) is 2.85. The molecule has 112 valence electrons. The number of hydrogen-bond donors (Lipinski definition) is 3. The van der Waals surface area contributed by atoms with Gasteiger partial charge in [-0.25, -0.2) is 4.98 Å². The van der Waals surface area contributed by atoms with Crippen LogP contribution in [0.25, 0.3) is 11.2 Å². The Hall–Kier alpha value is -2.83. The summed E-state index contributed by atoms with van der Waals surface area (Å²) in [7, 11) is 1.67. The number of H-pyrrole nitrogens is 2. The van der Waals surface area contributed by atoms with Gasteiger partial charge in [-0.15, -0.1) is 0 Å². The number of ether oxygens (including phenoxy) is 1. The van der Waals surface area contributed by atoms with Gasteiger partial charge in [-0.1, -0.05) is 6.07 Å². The lowest BCUT2D eigenvalue weighted by atomic mass is 10.1. The van der Waals surface area contributed by atoms with Crippen molar-refractivity contribution in [2.24, 2.45) is 0 Å². The molecule has 1 aliphatic rings. The summed E-state index contributed by atoms with van der Waals surface area (Å²) in [5.74, 6) is 1.31. The molecule has 1 aliphatic carbocycles. The Balaban J connectivity index is 1.66. The predicted molar refractivity (Wildman–Crippen MR) is 82.2 cm³/mol. The van der Waals surface area contributed by atoms with E-state index in [-0.39, 0.29) is 11.6 Å². The van der Waals surface area contributed by atoms with E-state index in [4.69, 9.17) is 4.74 Å². The summed E-state index contributed by atoms with van der Waals surface area (Å²) < 4.78 is 5.26. The van der Waals surface area contributed by atoms with Crippen LogP contribution in [-0.2, 0) is 6.42 Å². The summed E-state index contributed by atoms with van der Waals surface area (Å²) in [6.07, 6.45) is 3.39. The molecule has 2 aromatic heterocycles. The summed E-state index contributed by atoms with van der Waals surface area (Å²) in [4.78, 5) is 25.8. The van der Waals surface area contributed by atoms with Crippen molar-refractivity contribution < 1.29 is 4.74 Å². The first-order valence-corrected chi connectivity index (χ1v) is 7.11. The second-order valence-electron chi connectivity index (χ2n) is 5.32. The Bertz CT molecular complexity index is 898. The van der Waals surface area contributed by atoms with Gasteiger partial charge in [-0.3, -0.25) is 9.78 Å². The lowest BCUT2D eigenvalue weighted by Gasteiger charge is -2.14. The van der Waals surface area contributed by atoms with Crippen molar-refractivity contribution in [3.05, 3.63) is 46.0 Å². The van der Waals surface area contributed by atoms with Gasteiger partial charge in [0.25, 0.3) is 5.56 Å². The third-order valence-electron chi connectivity index (χ3n) is 4.03. The molecule has 0 amide bonds. The fourth-order valence-electron chi connectivity index (χ4n) is 2.95. The lowest BCUT2D eigenvalue weighted by Crippen LogP contribution is -2.16. The second-order valence-corrected chi connectivity index (χ2v) is 5.32. The summed E-state index contributed by atoms with van der Waals surface area (Å²) in [6, 6.07) is 6.19. The molecule has 1 atom stereocenters. The van der Waals surface area contributed by atoms with Gasteiger partial charge < -0.3 is 15.0 Å². The van der Waals surface area contributed by atoms with E-state index in [0.717, 1.165) is 18.6 Å². The zero-order valence-electron chi connectivity index (χ0n) is 12.0. The highest BCUT2D eigenvalue weighted by Crippen LogP contribution is 2.35. The highest BCUT2D eigenvalue weighted by Gasteiger charge is 2.23. The number of methoxy groups -OCH3 is 1. The number of imidazole rings is 1. The van der Waals surface area contributed by atoms with E-state index in [9.17, 15) is 4.79 Å². The molecule has 0 fully saturated rings. The first kappa shape index (κ1) is 12.9. The molecule has 0 spiro atoms. The van der Waals surface area contributed by atoms with Crippen molar-refractivity contribution in [1.29, 1.82) is 0 Å². The maximum absolute atomic E-state index is 11.9. The molecule has 22 heavy (non-hydrogen) atoms. The number of aromatic amines is 2. The molecule has 3 aromatic rings. The van der Waals surface area contributed by atoms with Crippen molar-refractivity contribution in [3.63, 3.8) is 0 Å². The van der Waals surface area contributed by atoms with Crippen LogP contribution in [0, 0.1) is 0 Å². The molecule has 0 radical (unpaired) electrons. The van der Waals surface area contributed by atoms with Crippen LogP contribution < -0.4 is 15.6 Å². The van der Waals surface area contributed by atoms with E-state index < -0.39 is 0 Å². The molecule has 4 rings (SSSR count). The van der Waals surface area contributed by atoms with Gasteiger partial charge in [-0.2, -0.15) is 4.98 Å². The average Bonchev–Trinajstić information content (AvgIpc) is 3.14. The molecular weight excluding hydrogens is 282 g/mol. The summed E-state index contributed by atoms with van der Waals surface area (Å²) in [5.41, 5.74) is 3.06. The first-order valence-electron chi connectivity index (χ1n) is 7.11. The van der Waals surface area contributed by atoms with Gasteiger partial charge in [0.2, 0.25) is 5.95 Å². The van der Waals surface area contributed by atoms with Crippen LogP contribution in [0.4, 0.5) is 5.95 Å². The quantitative estimate of drug-likeness (QED) is 0.684. The number of aryl methyl sites for hydroxylation is 1. The Morgan fingerprint density at radius 1 is 1.41 bits per heavy atom. The summed E-state index contributed by atoms with van der Waals surface area (Å²) >= 11 is 0. The monoisotopic (exact) mass is 297 g/mol. The third-order valence-corrected chi connectivity index (χ3v) is 4.03. The van der Waals surface area contributed by atoms with Crippen molar-refractivity contribution in [3.8, 4) is 5.75 Å². The standard InChI is InChI=1S/C15H15N5O2/c1-22-9-3-4-10-8(6-9)2-5-11(10)18-15-19-13-12(14(21)20-15)16-7-17-13/h3-4,6-7,11H,2,5H2,1H3,(H3,16,17,18,19,20,21). The minimum Gasteiger partial charge on any atom is -0.497 e. The van der Waals surface area contributed by atoms with Gasteiger partial charge in [0.1, 0.15) is 5.75 Å². The van der Waals surface area contributed by atoms with Crippen molar-refractivity contribution >= 4 is 17.1 Å². The highest BCUT2D eigenvalue weighted by molar-refractivity contribution is 5.69. The van der Waals surface area contributed by atoms with Crippen molar-refractivity contribution in [1.82, 2.24) is 19.9 Å². The van der Waals surface area contributed by atoms with Gasteiger partial charge in [0.15, 0.2) is 11.2 Å². The summed E-state index contributed by atoms with van der Waals surface area (Å²) in [5, 5.41) is 3.30. The first-order chi connectivity index (χ1) is 10.7. The number of aromatic nitrogens is 4. The Labute approximate surface area is 125 Å². The molecule has 7 nitrogen and oxygen atoms in total. The van der Waals surface area contributed by atoms with Crippen molar-refractivity contribution in [2.75, 3.05) is 12.4 Å². The normalized spacial score (nSPS) is 16.7. The van der Waals surface area contributed by atoms with Gasteiger partial charge in [0, 0.05) is 0 Å². The highest BCUT2D eigenvalue weighted by atomic mass is 16.5. The fourth-order valence-corrected chi connectivity index (χ4v) is 2.95. The van der Waals surface area contributed by atoms with Crippen LogP contribution in [0.5, 0.6) is 5.75 Å². The molecule has 0 saturated carbocycles. The van der Waals surface area contributed by atoms with Gasteiger partial charge in [0.05, 0.1) is 19.5 Å².